The van der Waals surface area contributed by atoms with Crippen LogP contribution in [0.2, 0.25) is 0 Å². The summed E-state index contributed by atoms with van der Waals surface area (Å²) in [5.74, 6) is 2.05. The van der Waals surface area contributed by atoms with Gasteiger partial charge in [-0.1, -0.05) is 12.8 Å². The lowest BCUT2D eigenvalue weighted by atomic mass is 9.82. The van der Waals surface area contributed by atoms with E-state index < -0.39 is 0 Å². The molecule has 2 aliphatic carbocycles. The van der Waals surface area contributed by atoms with Gasteiger partial charge in [-0.2, -0.15) is 5.10 Å². The first kappa shape index (κ1) is 14.7. The van der Waals surface area contributed by atoms with E-state index >= 15 is 0 Å². The van der Waals surface area contributed by atoms with Gasteiger partial charge in [-0.05, 0) is 50.4 Å². The van der Waals surface area contributed by atoms with E-state index in [2.05, 4.69) is 16.6 Å². The van der Waals surface area contributed by atoms with Gasteiger partial charge in [0.15, 0.2) is 0 Å². The Kier molecular flexibility index (Phi) is 4.23. The standard InChI is InChI=1S/C18H29N3O/c1-21-12-15(11-19-21)18-17(6-3-9-22-18)20-16-5-2-4-14(10-16)13-7-8-13/h11-14,16-18,20H,2-10H2,1H3/t14?,16?,17-,18+/m0/s1. The fourth-order valence-electron chi connectivity index (χ4n) is 4.54. The van der Waals surface area contributed by atoms with E-state index in [0.717, 1.165) is 18.4 Å². The smallest absolute Gasteiger partial charge is 0.101 e. The molecule has 0 spiro atoms. The van der Waals surface area contributed by atoms with Crippen molar-refractivity contribution in [1.82, 2.24) is 15.1 Å². The van der Waals surface area contributed by atoms with Crippen LogP contribution in [0.25, 0.3) is 0 Å². The van der Waals surface area contributed by atoms with Crippen LogP contribution in [0, 0.1) is 11.8 Å². The lowest BCUT2D eigenvalue weighted by molar-refractivity contribution is -0.0162. The first-order chi connectivity index (χ1) is 10.8. The van der Waals surface area contributed by atoms with Gasteiger partial charge in [0.1, 0.15) is 6.10 Å². The average Bonchev–Trinajstić information content (AvgIpc) is 3.30. The summed E-state index contributed by atoms with van der Waals surface area (Å²) < 4.78 is 7.99. The first-order valence-electron chi connectivity index (χ1n) is 9.16. The molecule has 4 heteroatoms. The molecule has 1 aliphatic heterocycles. The molecule has 3 fully saturated rings. The molecular formula is C18H29N3O. The molecule has 0 bridgehead atoms. The largest absolute Gasteiger partial charge is 0.372 e. The Morgan fingerprint density at radius 3 is 2.82 bits per heavy atom. The summed E-state index contributed by atoms with van der Waals surface area (Å²) in [5.41, 5.74) is 1.23. The highest BCUT2D eigenvalue weighted by Gasteiger charge is 2.36. The van der Waals surface area contributed by atoms with Crippen LogP contribution in [0.3, 0.4) is 0 Å². The highest BCUT2D eigenvalue weighted by molar-refractivity contribution is 5.12. The Bertz CT molecular complexity index is 496. The van der Waals surface area contributed by atoms with Crippen LogP contribution in [0.1, 0.15) is 63.0 Å². The van der Waals surface area contributed by atoms with Crippen LogP contribution in [0.5, 0.6) is 0 Å². The molecule has 4 nitrogen and oxygen atoms in total. The Hall–Kier alpha value is -0.870. The number of rotatable bonds is 4. The quantitative estimate of drug-likeness (QED) is 0.928. The van der Waals surface area contributed by atoms with E-state index in [0.29, 0.717) is 12.1 Å². The molecule has 0 aromatic carbocycles. The van der Waals surface area contributed by atoms with E-state index in [1.54, 1.807) is 0 Å². The number of hydrogen-bond donors (Lipinski definition) is 1. The predicted molar refractivity (Wildman–Crippen MR) is 86.5 cm³/mol. The molecule has 3 aliphatic rings. The van der Waals surface area contributed by atoms with Crippen molar-refractivity contribution in [1.29, 1.82) is 0 Å². The highest BCUT2D eigenvalue weighted by atomic mass is 16.5. The number of aromatic nitrogens is 2. The normalized spacial score (nSPS) is 36.4. The molecule has 1 aromatic heterocycles. The highest BCUT2D eigenvalue weighted by Crippen LogP contribution is 2.44. The van der Waals surface area contributed by atoms with Crippen molar-refractivity contribution in [2.75, 3.05) is 6.61 Å². The number of nitrogens with zero attached hydrogens (tertiary/aromatic N) is 2. The molecule has 1 N–H and O–H groups in total. The average molecular weight is 303 g/mol. The molecule has 2 saturated carbocycles. The van der Waals surface area contributed by atoms with E-state index in [1.165, 1.54) is 56.9 Å². The van der Waals surface area contributed by atoms with Crippen molar-refractivity contribution in [2.24, 2.45) is 18.9 Å². The maximum atomic E-state index is 6.10. The molecule has 2 heterocycles. The van der Waals surface area contributed by atoms with Crippen molar-refractivity contribution in [3.63, 3.8) is 0 Å². The molecule has 122 valence electrons. The molecule has 0 radical (unpaired) electrons. The van der Waals surface area contributed by atoms with Gasteiger partial charge in [-0.15, -0.1) is 0 Å². The SMILES string of the molecule is Cn1cc([C@H]2OCCC[C@@H]2NC2CCCC(C3CC3)C2)cn1. The summed E-state index contributed by atoms with van der Waals surface area (Å²) in [6, 6.07) is 1.16. The van der Waals surface area contributed by atoms with Crippen LogP contribution in [-0.4, -0.2) is 28.5 Å². The Morgan fingerprint density at radius 2 is 2.05 bits per heavy atom. The zero-order chi connectivity index (χ0) is 14.9. The number of nitrogens with one attached hydrogen (secondary N) is 1. The van der Waals surface area contributed by atoms with Crippen molar-refractivity contribution in [3.8, 4) is 0 Å². The third kappa shape index (κ3) is 3.23. The maximum Gasteiger partial charge on any atom is 0.101 e. The molecule has 1 aromatic rings. The van der Waals surface area contributed by atoms with Crippen LogP contribution in [0.4, 0.5) is 0 Å². The zero-order valence-corrected chi connectivity index (χ0v) is 13.7. The monoisotopic (exact) mass is 303 g/mol. The van der Waals surface area contributed by atoms with E-state index in [-0.39, 0.29) is 6.10 Å². The van der Waals surface area contributed by atoms with Gasteiger partial charge in [-0.25, -0.2) is 0 Å². The minimum absolute atomic E-state index is 0.184. The number of hydrogen-bond acceptors (Lipinski definition) is 3. The van der Waals surface area contributed by atoms with Gasteiger partial charge < -0.3 is 10.1 Å². The summed E-state index contributed by atoms with van der Waals surface area (Å²) in [4.78, 5) is 0. The summed E-state index contributed by atoms with van der Waals surface area (Å²) in [6.45, 7) is 0.882. The second kappa shape index (κ2) is 6.32. The van der Waals surface area contributed by atoms with Gasteiger partial charge >= 0.3 is 0 Å². The molecule has 4 atom stereocenters. The topological polar surface area (TPSA) is 39.1 Å². The van der Waals surface area contributed by atoms with Gasteiger partial charge in [0, 0.05) is 37.5 Å². The van der Waals surface area contributed by atoms with Crippen molar-refractivity contribution in [2.45, 2.75) is 69.6 Å². The second-order valence-corrected chi connectivity index (χ2v) is 7.62. The fraction of sp³-hybridized carbons (Fsp3) is 0.833. The minimum atomic E-state index is 0.184. The zero-order valence-electron chi connectivity index (χ0n) is 13.7. The van der Waals surface area contributed by atoms with Crippen molar-refractivity contribution in [3.05, 3.63) is 18.0 Å². The molecule has 0 amide bonds. The Labute approximate surface area is 133 Å². The fourth-order valence-corrected chi connectivity index (χ4v) is 4.54. The van der Waals surface area contributed by atoms with Crippen LogP contribution >= 0.6 is 0 Å². The second-order valence-electron chi connectivity index (χ2n) is 7.62. The predicted octanol–water partition coefficient (Wildman–Crippen LogP) is 3.20. The summed E-state index contributed by atoms with van der Waals surface area (Å²) >= 11 is 0. The van der Waals surface area contributed by atoms with Gasteiger partial charge in [0.2, 0.25) is 0 Å². The van der Waals surface area contributed by atoms with E-state index in [4.69, 9.17) is 4.74 Å². The Balaban J connectivity index is 1.40. The first-order valence-corrected chi connectivity index (χ1v) is 9.16. The molecule has 2 unspecified atom stereocenters. The number of ether oxygens (including phenoxy) is 1. The third-order valence-electron chi connectivity index (χ3n) is 5.83. The van der Waals surface area contributed by atoms with Crippen molar-refractivity contribution >= 4 is 0 Å². The van der Waals surface area contributed by atoms with Gasteiger partial charge in [-0.3, -0.25) is 4.68 Å². The van der Waals surface area contributed by atoms with E-state index in [9.17, 15) is 0 Å². The number of aryl methyl sites for hydroxylation is 1. The summed E-state index contributed by atoms with van der Waals surface area (Å²) in [6.07, 6.45) is 15.3. The van der Waals surface area contributed by atoms with Crippen LogP contribution in [-0.2, 0) is 11.8 Å². The van der Waals surface area contributed by atoms with E-state index in [1.807, 2.05) is 17.9 Å². The molecule has 4 rings (SSSR count). The van der Waals surface area contributed by atoms with Crippen LogP contribution < -0.4 is 5.32 Å². The minimum Gasteiger partial charge on any atom is -0.372 e. The molecule has 1 saturated heterocycles. The third-order valence-corrected chi connectivity index (χ3v) is 5.83. The summed E-state index contributed by atoms with van der Waals surface area (Å²) in [5, 5.41) is 8.29. The Morgan fingerprint density at radius 1 is 1.14 bits per heavy atom. The summed E-state index contributed by atoms with van der Waals surface area (Å²) in [7, 11) is 1.98. The van der Waals surface area contributed by atoms with Gasteiger partial charge in [0.05, 0.1) is 6.20 Å². The maximum absolute atomic E-state index is 6.10. The molecule has 22 heavy (non-hydrogen) atoms. The lowest BCUT2D eigenvalue weighted by Gasteiger charge is -2.38. The molecular weight excluding hydrogens is 274 g/mol. The van der Waals surface area contributed by atoms with Gasteiger partial charge in [0.25, 0.3) is 0 Å². The van der Waals surface area contributed by atoms with Crippen molar-refractivity contribution < 1.29 is 4.74 Å². The van der Waals surface area contributed by atoms with Crippen LogP contribution in [0.15, 0.2) is 12.4 Å². The lowest BCUT2D eigenvalue weighted by Crippen LogP contribution is -2.46.